The predicted molar refractivity (Wildman–Crippen MR) is 133 cm³/mol. The molecule has 0 heterocycles. The third-order valence-electron chi connectivity index (χ3n) is 4.51. The number of carbonyl (C=O) groups is 1. The number of nitriles is 1. The summed E-state index contributed by atoms with van der Waals surface area (Å²) in [5.74, 6) is -0.0270. The van der Waals surface area contributed by atoms with Gasteiger partial charge in [0, 0.05) is 17.8 Å². The van der Waals surface area contributed by atoms with E-state index in [2.05, 4.69) is 37.2 Å². The third-order valence-corrected chi connectivity index (χ3v) is 5.69. The van der Waals surface area contributed by atoms with E-state index in [0.717, 1.165) is 5.56 Å². The standard InChI is InChI=1S/C24H17Br2N3O4/c1-15-5-7-19(8-6-15)28-24(30)18(13-27)9-17-11-21(25)23(22(26)12-17)33-14-16-3-2-4-20(10-16)29(31)32/h2-12H,14H2,1H3,(H,28,30)/b18-9+. The Morgan fingerprint density at radius 1 is 1.15 bits per heavy atom. The molecule has 0 aliphatic heterocycles. The number of anilines is 1. The van der Waals surface area contributed by atoms with Crippen molar-refractivity contribution in [2.24, 2.45) is 0 Å². The number of nitro groups is 1. The lowest BCUT2D eigenvalue weighted by Gasteiger charge is -2.12. The lowest BCUT2D eigenvalue weighted by Crippen LogP contribution is -2.13. The Bertz CT molecular complexity index is 1260. The zero-order valence-electron chi connectivity index (χ0n) is 17.3. The van der Waals surface area contributed by atoms with Crippen molar-refractivity contribution in [1.29, 1.82) is 5.26 Å². The molecule has 3 aromatic carbocycles. The molecule has 0 unspecified atom stereocenters. The minimum absolute atomic E-state index is 0.0114. The maximum absolute atomic E-state index is 12.5. The molecule has 0 saturated carbocycles. The highest BCUT2D eigenvalue weighted by Crippen LogP contribution is 2.36. The van der Waals surface area contributed by atoms with Crippen molar-refractivity contribution < 1.29 is 14.5 Å². The van der Waals surface area contributed by atoms with E-state index in [1.807, 2.05) is 25.1 Å². The van der Waals surface area contributed by atoms with Gasteiger partial charge in [0.15, 0.2) is 0 Å². The summed E-state index contributed by atoms with van der Waals surface area (Å²) < 4.78 is 7.00. The molecule has 0 saturated heterocycles. The van der Waals surface area contributed by atoms with Crippen LogP contribution < -0.4 is 10.1 Å². The molecule has 0 spiro atoms. The van der Waals surface area contributed by atoms with Crippen LogP contribution in [0.4, 0.5) is 11.4 Å². The van der Waals surface area contributed by atoms with Crippen LogP contribution in [0.2, 0.25) is 0 Å². The van der Waals surface area contributed by atoms with E-state index in [1.165, 1.54) is 18.2 Å². The molecule has 1 amide bonds. The number of rotatable bonds is 7. The average Bonchev–Trinajstić information content (AvgIpc) is 2.78. The quantitative estimate of drug-likeness (QED) is 0.150. The minimum atomic E-state index is -0.514. The van der Waals surface area contributed by atoms with E-state index in [-0.39, 0.29) is 17.9 Å². The van der Waals surface area contributed by atoms with Gasteiger partial charge in [0.1, 0.15) is 24.0 Å². The van der Waals surface area contributed by atoms with Gasteiger partial charge in [0.05, 0.1) is 13.9 Å². The van der Waals surface area contributed by atoms with E-state index in [4.69, 9.17) is 4.74 Å². The number of aryl methyl sites for hydroxylation is 1. The van der Waals surface area contributed by atoms with Gasteiger partial charge >= 0.3 is 0 Å². The molecule has 1 N–H and O–H groups in total. The predicted octanol–water partition coefficient (Wildman–Crippen LogP) is 6.55. The molecule has 0 radical (unpaired) electrons. The summed E-state index contributed by atoms with van der Waals surface area (Å²) in [7, 11) is 0. The number of ether oxygens (including phenoxy) is 1. The summed E-state index contributed by atoms with van der Waals surface area (Å²) in [6, 6.07) is 18.8. The number of hydrogen-bond donors (Lipinski definition) is 1. The molecule has 0 bridgehead atoms. The van der Waals surface area contributed by atoms with Crippen LogP contribution in [0.3, 0.4) is 0 Å². The van der Waals surface area contributed by atoms with Crippen molar-refractivity contribution in [3.8, 4) is 11.8 Å². The zero-order valence-corrected chi connectivity index (χ0v) is 20.5. The summed E-state index contributed by atoms with van der Waals surface area (Å²) >= 11 is 6.89. The topological polar surface area (TPSA) is 105 Å². The number of benzene rings is 3. The van der Waals surface area contributed by atoms with Gasteiger partial charge in [-0.15, -0.1) is 0 Å². The minimum Gasteiger partial charge on any atom is -0.487 e. The van der Waals surface area contributed by atoms with Crippen molar-refractivity contribution in [2.75, 3.05) is 5.32 Å². The van der Waals surface area contributed by atoms with Gasteiger partial charge in [-0.3, -0.25) is 14.9 Å². The van der Waals surface area contributed by atoms with Crippen LogP contribution in [0.25, 0.3) is 6.08 Å². The first-order chi connectivity index (χ1) is 15.8. The molecule has 0 aromatic heterocycles. The fourth-order valence-corrected chi connectivity index (χ4v) is 4.32. The van der Waals surface area contributed by atoms with Crippen LogP contribution in [0.15, 0.2) is 75.2 Å². The fourth-order valence-electron chi connectivity index (χ4n) is 2.87. The van der Waals surface area contributed by atoms with Gasteiger partial charge in [0.25, 0.3) is 11.6 Å². The van der Waals surface area contributed by atoms with Gasteiger partial charge in [-0.05, 0) is 80.3 Å². The maximum Gasteiger partial charge on any atom is 0.269 e. The first-order valence-corrected chi connectivity index (χ1v) is 11.2. The zero-order chi connectivity index (χ0) is 24.0. The van der Waals surface area contributed by atoms with Crippen LogP contribution in [0.5, 0.6) is 5.75 Å². The highest BCUT2D eigenvalue weighted by molar-refractivity contribution is 9.11. The summed E-state index contributed by atoms with van der Waals surface area (Å²) in [5, 5.41) is 23.1. The Labute approximate surface area is 207 Å². The van der Waals surface area contributed by atoms with Crippen molar-refractivity contribution >= 4 is 55.2 Å². The van der Waals surface area contributed by atoms with Gasteiger partial charge in [0.2, 0.25) is 0 Å². The molecule has 33 heavy (non-hydrogen) atoms. The van der Waals surface area contributed by atoms with Crippen molar-refractivity contribution in [1.82, 2.24) is 0 Å². The van der Waals surface area contributed by atoms with Crippen molar-refractivity contribution in [2.45, 2.75) is 13.5 Å². The van der Waals surface area contributed by atoms with Crippen molar-refractivity contribution in [3.63, 3.8) is 0 Å². The highest BCUT2D eigenvalue weighted by atomic mass is 79.9. The molecule has 7 nitrogen and oxygen atoms in total. The van der Waals surface area contributed by atoms with E-state index >= 15 is 0 Å². The Kier molecular flexibility index (Phi) is 7.98. The number of nitro benzene ring substituents is 1. The maximum atomic E-state index is 12.5. The first kappa shape index (κ1) is 24.2. The highest BCUT2D eigenvalue weighted by Gasteiger charge is 2.13. The Morgan fingerprint density at radius 3 is 2.42 bits per heavy atom. The lowest BCUT2D eigenvalue weighted by molar-refractivity contribution is -0.384. The molecule has 0 atom stereocenters. The summed E-state index contributed by atoms with van der Waals surface area (Å²) in [6.45, 7) is 2.06. The summed E-state index contributed by atoms with van der Waals surface area (Å²) in [4.78, 5) is 23.0. The van der Waals surface area contributed by atoms with Crippen LogP contribution in [-0.4, -0.2) is 10.8 Å². The Morgan fingerprint density at radius 2 is 1.82 bits per heavy atom. The second-order valence-electron chi connectivity index (χ2n) is 7.02. The smallest absolute Gasteiger partial charge is 0.269 e. The molecule has 3 aromatic rings. The average molecular weight is 571 g/mol. The van der Waals surface area contributed by atoms with Crippen LogP contribution in [0, 0.1) is 28.4 Å². The van der Waals surface area contributed by atoms with Gasteiger partial charge in [-0.2, -0.15) is 5.26 Å². The summed E-state index contributed by atoms with van der Waals surface area (Å²) in [6.07, 6.45) is 1.48. The molecular weight excluding hydrogens is 554 g/mol. The van der Waals surface area contributed by atoms with Gasteiger partial charge < -0.3 is 10.1 Å². The molecule has 3 rings (SSSR count). The number of nitrogens with zero attached hydrogens (tertiary/aromatic N) is 2. The van der Waals surface area contributed by atoms with Crippen LogP contribution in [0.1, 0.15) is 16.7 Å². The fraction of sp³-hybridized carbons (Fsp3) is 0.0833. The van der Waals surface area contributed by atoms with E-state index in [1.54, 1.807) is 36.4 Å². The molecule has 0 aliphatic rings. The number of carbonyl (C=O) groups excluding carboxylic acids is 1. The van der Waals surface area contributed by atoms with Gasteiger partial charge in [-0.25, -0.2) is 0 Å². The first-order valence-electron chi connectivity index (χ1n) is 9.62. The van der Waals surface area contributed by atoms with Gasteiger partial charge in [-0.1, -0.05) is 29.8 Å². The lowest BCUT2D eigenvalue weighted by atomic mass is 10.1. The molecule has 166 valence electrons. The van der Waals surface area contributed by atoms with E-state index in [9.17, 15) is 20.2 Å². The number of hydrogen-bond acceptors (Lipinski definition) is 5. The molecule has 0 aliphatic carbocycles. The summed E-state index contributed by atoms with van der Waals surface area (Å²) in [5.41, 5.74) is 2.84. The number of non-ortho nitro benzene ring substituents is 1. The Balaban J connectivity index is 1.76. The monoisotopic (exact) mass is 569 g/mol. The third kappa shape index (κ3) is 6.51. The normalized spacial score (nSPS) is 10.9. The Hall–Kier alpha value is -3.48. The van der Waals surface area contributed by atoms with Crippen LogP contribution in [-0.2, 0) is 11.4 Å². The van der Waals surface area contributed by atoms with Crippen molar-refractivity contribution in [3.05, 3.63) is 102 Å². The van der Waals surface area contributed by atoms with Crippen LogP contribution >= 0.6 is 31.9 Å². The second-order valence-corrected chi connectivity index (χ2v) is 8.73. The number of amides is 1. The molecule has 0 fully saturated rings. The number of halogens is 2. The van der Waals surface area contributed by atoms with E-state index < -0.39 is 10.8 Å². The number of nitrogens with one attached hydrogen (secondary N) is 1. The second kappa shape index (κ2) is 10.9. The van der Waals surface area contributed by atoms with E-state index in [0.29, 0.717) is 31.5 Å². The SMILES string of the molecule is Cc1ccc(NC(=O)/C(C#N)=C/c2cc(Br)c(OCc3cccc([N+](=O)[O-])c3)c(Br)c2)cc1. The molecule has 9 heteroatoms. The molecular formula is C24H17Br2N3O4. The largest absolute Gasteiger partial charge is 0.487 e.